The van der Waals surface area contributed by atoms with Crippen LogP contribution in [0.4, 0.5) is 14.5 Å². The van der Waals surface area contributed by atoms with E-state index in [0.29, 0.717) is 0 Å². The van der Waals surface area contributed by atoms with Crippen molar-refractivity contribution in [1.82, 2.24) is 9.55 Å². The van der Waals surface area contributed by atoms with Crippen LogP contribution in [0.2, 0.25) is 0 Å². The van der Waals surface area contributed by atoms with Gasteiger partial charge in [0.15, 0.2) is 5.96 Å². The molecule has 0 bridgehead atoms. The number of aromatic nitrogens is 2. The van der Waals surface area contributed by atoms with Crippen LogP contribution in [-0.4, -0.2) is 15.5 Å². The summed E-state index contributed by atoms with van der Waals surface area (Å²) in [5, 5.41) is 3.10. The summed E-state index contributed by atoms with van der Waals surface area (Å²) in [6.45, 7) is 1.48. The molecule has 2 aromatic rings. The van der Waals surface area contributed by atoms with Gasteiger partial charge >= 0.3 is 6.55 Å². The Bertz CT molecular complexity index is 663. The van der Waals surface area contributed by atoms with Gasteiger partial charge in [0, 0.05) is 18.1 Å². The second-order valence-electron chi connectivity index (χ2n) is 5.01. The molecule has 0 atom stereocenters. The van der Waals surface area contributed by atoms with Gasteiger partial charge in [0.25, 0.3) is 0 Å². The zero-order valence-electron chi connectivity index (χ0n) is 13.7. The second-order valence-corrected chi connectivity index (χ2v) is 5.01. The quantitative estimate of drug-likeness (QED) is 0.399. The Kier molecular flexibility index (Phi) is 8.09. The summed E-state index contributed by atoms with van der Waals surface area (Å²) >= 11 is 0. The topological polar surface area (TPSA) is 68.2 Å². The number of rotatable bonds is 6. The minimum atomic E-state index is -2.63. The van der Waals surface area contributed by atoms with E-state index in [-0.39, 0.29) is 42.3 Å². The molecule has 0 aliphatic rings. The van der Waals surface area contributed by atoms with Crippen LogP contribution in [0, 0.1) is 0 Å². The van der Waals surface area contributed by atoms with E-state index in [4.69, 9.17) is 5.73 Å². The number of aliphatic imine (C=N–C) groups is 1. The van der Waals surface area contributed by atoms with Crippen molar-refractivity contribution in [3.05, 3.63) is 47.5 Å². The van der Waals surface area contributed by atoms with Gasteiger partial charge in [-0.15, -0.1) is 24.0 Å². The van der Waals surface area contributed by atoms with Crippen LogP contribution in [-0.2, 0) is 19.4 Å². The molecular weight excluding hydrogens is 427 g/mol. The molecule has 0 aliphatic carbocycles. The summed E-state index contributed by atoms with van der Waals surface area (Å²) in [7, 11) is 0. The van der Waals surface area contributed by atoms with Crippen molar-refractivity contribution in [1.29, 1.82) is 0 Å². The van der Waals surface area contributed by atoms with E-state index >= 15 is 0 Å². The third-order valence-electron chi connectivity index (χ3n) is 3.60. The van der Waals surface area contributed by atoms with E-state index in [1.165, 1.54) is 12.4 Å². The number of nitrogens with two attached hydrogens (primary N) is 1. The van der Waals surface area contributed by atoms with Gasteiger partial charge in [-0.25, -0.2) is 9.98 Å². The molecule has 8 heteroatoms. The van der Waals surface area contributed by atoms with E-state index in [1.54, 1.807) is 0 Å². The summed E-state index contributed by atoms with van der Waals surface area (Å²) < 4.78 is 26.3. The van der Waals surface area contributed by atoms with Crippen LogP contribution in [0.3, 0.4) is 0 Å². The molecule has 5 nitrogen and oxygen atoms in total. The fraction of sp³-hybridized carbons (Fsp3) is 0.375. The maximum Gasteiger partial charge on any atom is 0.319 e. The normalized spacial score (nSPS) is 11.5. The highest BCUT2D eigenvalue weighted by Gasteiger charge is 2.11. The predicted molar refractivity (Wildman–Crippen MR) is 103 cm³/mol. The van der Waals surface area contributed by atoms with Gasteiger partial charge in [0.2, 0.25) is 0 Å². The molecule has 1 heterocycles. The number of aryl methyl sites for hydroxylation is 2. The van der Waals surface area contributed by atoms with Gasteiger partial charge in [-0.2, -0.15) is 8.78 Å². The highest BCUT2D eigenvalue weighted by Crippen LogP contribution is 2.22. The largest absolute Gasteiger partial charge is 0.370 e. The number of imidazole rings is 1. The maximum absolute atomic E-state index is 12.8. The first kappa shape index (κ1) is 20.3. The Morgan fingerprint density at radius 2 is 1.92 bits per heavy atom. The molecule has 0 fully saturated rings. The minimum Gasteiger partial charge on any atom is -0.370 e. The summed E-state index contributed by atoms with van der Waals surface area (Å²) in [5.74, 6) is 0.355. The lowest BCUT2D eigenvalue weighted by Crippen LogP contribution is -2.24. The summed E-state index contributed by atoms with van der Waals surface area (Å²) in [4.78, 5) is 8.00. The van der Waals surface area contributed by atoms with Crippen molar-refractivity contribution in [2.45, 2.75) is 39.8 Å². The smallest absolute Gasteiger partial charge is 0.319 e. The Balaban J connectivity index is 0.00000288. The summed E-state index contributed by atoms with van der Waals surface area (Å²) in [5.41, 5.74) is 9.12. The third-order valence-corrected chi connectivity index (χ3v) is 3.60. The van der Waals surface area contributed by atoms with Gasteiger partial charge in [-0.3, -0.25) is 4.57 Å². The van der Waals surface area contributed by atoms with E-state index in [1.807, 2.05) is 18.2 Å². The molecule has 0 unspecified atom stereocenters. The van der Waals surface area contributed by atoms with Crippen LogP contribution in [0.1, 0.15) is 37.3 Å². The Hall–Kier alpha value is -1.71. The highest BCUT2D eigenvalue weighted by atomic mass is 127. The minimum absolute atomic E-state index is 0. The number of hydrogen-bond acceptors (Lipinski definition) is 2. The van der Waals surface area contributed by atoms with Crippen LogP contribution >= 0.6 is 24.0 Å². The third kappa shape index (κ3) is 4.89. The number of para-hydroxylation sites is 1. The molecular formula is C16H22F2IN5. The molecule has 0 radical (unpaired) electrons. The van der Waals surface area contributed by atoms with Crippen molar-refractivity contribution in [2.75, 3.05) is 5.32 Å². The lowest BCUT2D eigenvalue weighted by Gasteiger charge is -2.14. The van der Waals surface area contributed by atoms with E-state index in [9.17, 15) is 8.78 Å². The predicted octanol–water partition coefficient (Wildman–Crippen LogP) is 3.95. The van der Waals surface area contributed by atoms with Crippen molar-refractivity contribution < 1.29 is 8.78 Å². The average Bonchev–Trinajstić information content (AvgIpc) is 3.02. The number of guanidine groups is 1. The number of alkyl halides is 2. The van der Waals surface area contributed by atoms with Crippen LogP contribution < -0.4 is 11.1 Å². The Labute approximate surface area is 157 Å². The van der Waals surface area contributed by atoms with E-state index in [0.717, 1.165) is 34.2 Å². The zero-order chi connectivity index (χ0) is 16.8. The lowest BCUT2D eigenvalue weighted by atomic mass is 10.0. The molecule has 1 aromatic carbocycles. The molecule has 24 heavy (non-hydrogen) atoms. The van der Waals surface area contributed by atoms with Gasteiger partial charge in [0.05, 0.1) is 0 Å². The SMILES string of the molecule is CCc1cccc(CC)c1NC(N)=NCc1nccn1C(F)F.I. The van der Waals surface area contributed by atoms with E-state index < -0.39 is 6.55 Å². The Morgan fingerprint density at radius 1 is 1.29 bits per heavy atom. The van der Waals surface area contributed by atoms with E-state index in [2.05, 4.69) is 29.1 Å². The first-order valence-corrected chi connectivity index (χ1v) is 7.54. The molecule has 0 saturated carbocycles. The number of halogens is 3. The van der Waals surface area contributed by atoms with Crippen LogP contribution in [0.25, 0.3) is 0 Å². The number of anilines is 1. The molecule has 0 amide bonds. The molecule has 3 N–H and O–H groups in total. The highest BCUT2D eigenvalue weighted by molar-refractivity contribution is 14.0. The first-order chi connectivity index (χ1) is 11.1. The molecule has 0 spiro atoms. The zero-order valence-corrected chi connectivity index (χ0v) is 16.0. The fourth-order valence-electron chi connectivity index (χ4n) is 2.37. The molecule has 1 aromatic heterocycles. The van der Waals surface area contributed by atoms with Gasteiger partial charge in [-0.1, -0.05) is 32.0 Å². The van der Waals surface area contributed by atoms with Crippen molar-refractivity contribution >= 4 is 35.6 Å². The standard InChI is InChI=1S/C16H21F2N5.HI/c1-3-11-6-5-7-12(4-2)14(11)22-16(19)21-10-13-20-8-9-23(13)15(17)18;/h5-9,15H,3-4,10H2,1-2H3,(H3,19,21,22);1H. The van der Waals surface area contributed by atoms with Crippen LogP contribution in [0.15, 0.2) is 35.6 Å². The van der Waals surface area contributed by atoms with Crippen molar-refractivity contribution in [3.8, 4) is 0 Å². The van der Waals surface area contributed by atoms with Crippen molar-refractivity contribution in [2.24, 2.45) is 10.7 Å². The molecule has 0 saturated heterocycles. The number of nitrogens with one attached hydrogen (secondary N) is 1. The van der Waals surface area contributed by atoms with Gasteiger partial charge < -0.3 is 11.1 Å². The van der Waals surface area contributed by atoms with Crippen LogP contribution in [0.5, 0.6) is 0 Å². The molecule has 2 rings (SSSR count). The second kappa shape index (κ2) is 9.55. The summed E-state index contributed by atoms with van der Waals surface area (Å²) in [6, 6.07) is 6.06. The van der Waals surface area contributed by atoms with Gasteiger partial charge in [0.1, 0.15) is 12.4 Å². The average molecular weight is 449 g/mol. The monoisotopic (exact) mass is 449 g/mol. The number of nitrogens with zero attached hydrogens (tertiary/aromatic N) is 3. The first-order valence-electron chi connectivity index (χ1n) is 7.54. The molecule has 132 valence electrons. The van der Waals surface area contributed by atoms with Gasteiger partial charge in [-0.05, 0) is 24.0 Å². The Morgan fingerprint density at radius 3 is 2.46 bits per heavy atom. The fourth-order valence-corrected chi connectivity index (χ4v) is 2.37. The number of benzene rings is 1. The lowest BCUT2D eigenvalue weighted by molar-refractivity contribution is 0.0671. The number of hydrogen-bond donors (Lipinski definition) is 2. The summed E-state index contributed by atoms with van der Waals surface area (Å²) in [6.07, 6.45) is 4.27. The maximum atomic E-state index is 12.8. The van der Waals surface area contributed by atoms with Crippen molar-refractivity contribution in [3.63, 3.8) is 0 Å². The molecule has 0 aliphatic heterocycles.